The molecule has 5 rings (SSSR count). The Morgan fingerprint density at radius 2 is 1.39 bits per heavy atom. The van der Waals surface area contributed by atoms with E-state index in [2.05, 4.69) is 19.9 Å². The number of Topliss-reactive ketones (excluding diaryl/α,β-unsaturated/α-hetero) is 1. The van der Waals surface area contributed by atoms with E-state index in [0.717, 1.165) is 39.7 Å². The molecule has 5 heterocycles. The summed E-state index contributed by atoms with van der Waals surface area (Å²) in [5, 5.41) is 7.04. The first-order valence-electron chi connectivity index (χ1n) is 18.6. The van der Waals surface area contributed by atoms with Crippen LogP contribution in [0.5, 0.6) is 0 Å². The minimum absolute atomic E-state index is 0. The third-order valence-electron chi connectivity index (χ3n) is 8.50. The molecule has 2 aliphatic rings. The second-order valence-corrected chi connectivity index (χ2v) is 17.1. The molecular weight excluding hydrogens is 796 g/mol. The van der Waals surface area contributed by atoms with Crippen LogP contribution in [0.3, 0.4) is 0 Å². The maximum Gasteiger partial charge on any atom is 0.410 e. The Hall–Kier alpha value is -4.42. The van der Waals surface area contributed by atoms with Gasteiger partial charge in [-0.1, -0.05) is 0 Å². The van der Waals surface area contributed by atoms with Crippen LogP contribution < -0.4 is 11.3 Å². The Morgan fingerprint density at radius 3 is 1.81 bits per heavy atom. The van der Waals surface area contributed by atoms with Gasteiger partial charge in [0.05, 0.1) is 44.5 Å². The number of carbonyl (C=O) groups excluding carboxylic acids is 4. The number of hydrogen-bond donors (Lipinski definition) is 3. The number of ether oxygens (including phenoxy) is 3. The molecule has 2 fully saturated rings. The van der Waals surface area contributed by atoms with Crippen molar-refractivity contribution in [2.75, 3.05) is 32.8 Å². The Morgan fingerprint density at radius 1 is 0.877 bits per heavy atom. The van der Waals surface area contributed by atoms with E-state index in [4.69, 9.17) is 25.4 Å². The van der Waals surface area contributed by atoms with E-state index in [0.29, 0.717) is 44.8 Å². The average Bonchev–Trinajstić information content (AvgIpc) is 3.75. The van der Waals surface area contributed by atoms with E-state index in [1.165, 1.54) is 22.7 Å². The van der Waals surface area contributed by atoms with Crippen LogP contribution >= 0.6 is 35.1 Å². The molecular formula is C38H57ClN8O8S2. The number of rotatable bonds is 7. The molecule has 2 saturated heterocycles. The van der Waals surface area contributed by atoms with Gasteiger partial charge in [0.25, 0.3) is 5.56 Å². The third-order valence-corrected chi connectivity index (χ3v) is 10.4. The van der Waals surface area contributed by atoms with Crippen LogP contribution in [-0.4, -0.2) is 103 Å². The predicted octanol–water partition coefficient (Wildman–Crippen LogP) is 6.63. The number of thiazole rings is 2. The lowest BCUT2D eigenvalue weighted by molar-refractivity contribution is -0.146. The summed E-state index contributed by atoms with van der Waals surface area (Å²) in [6.07, 6.45) is 1.85. The molecule has 0 unspecified atom stereocenters. The van der Waals surface area contributed by atoms with Crippen LogP contribution in [0.15, 0.2) is 21.9 Å². The second-order valence-electron chi connectivity index (χ2n) is 15.4. The Bertz CT molecular complexity index is 1870. The normalized spacial score (nSPS) is 14.8. The summed E-state index contributed by atoms with van der Waals surface area (Å²) in [6, 6.07) is 1.56. The molecule has 3 aromatic rings. The van der Waals surface area contributed by atoms with E-state index in [1.807, 2.05) is 55.4 Å². The van der Waals surface area contributed by atoms with E-state index in [-0.39, 0.29) is 66.6 Å². The van der Waals surface area contributed by atoms with Crippen molar-refractivity contribution in [3.63, 3.8) is 0 Å². The number of H-pyrrole nitrogens is 1. The maximum absolute atomic E-state index is 12.2. The fourth-order valence-electron chi connectivity index (χ4n) is 5.78. The minimum Gasteiger partial charge on any atom is -0.466 e. The summed E-state index contributed by atoms with van der Waals surface area (Å²) in [6.45, 7) is 18.9. The molecule has 0 saturated carbocycles. The Kier molecular flexibility index (Phi) is 18.7. The number of nitrogen functional groups attached to an aromatic ring is 1. The molecule has 0 aromatic carbocycles. The van der Waals surface area contributed by atoms with Gasteiger partial charge in [-0.15, -0.1) is 35.1 Å². The lowest BCUT2D eigenvalue weighted by atomic mass is 9.91. The minimum atomic E-state index is -0.520. The molecule has 0 spiro atoms. The van der Waals surface area contributed by atoms with Gasteiger partial charge < -0.3 is 34.7 Å². The van der Waals surface area contributed by atoms with E-state index in [9.17, 15) is 24.0 Å². The first-order chi connectivity index (χ1) is 26.2. The zero-order valence-corrected chi connectivity index (χ0v) is 36.7. The highest BCUT2D eigenvalue weighted by atomic mass is 35.5. The lowest BCUT2D eigenvalue weighted by Crippen LogP contribution is -2.43. The van der Waals surface area contributed by atoms with Crippen LogP contribution in [-0.2, 0) is 23.8 Å². The van der Waals surface area contributed by atoms with Crippen molar-refractivity contribution >= 4 is 64.9 Å². The highest BCUT2D eigenvalue weighted by molar-refractivity contribution is 7.13. The van der Waals surface area contributed by atoms with Gasteiger partial charge in [0.1, 0.15) is 29.2 Å². The van der Waals surface area contributed by atoms with Crippen molar-refractivity contribution in [2.24, 2.45) is 11.7 Å². The molecule has 3 aromatic heterocycles. The standard InChI is InChI=1S/C18H24N4O3S.C15H25NO5.C5H7N3S.ClH/c1-11-15(26-10-19-11)16-20-13(9-14(23)21-16)12-5-7-22(8-6-12)17(24)25-18(2,3)4;1-5-20-13(18)10-12(17)11-6-8-16(9-7-11)14(19)21-15(2,3)4;1-3-4(5(6)7)9-2-8-3;/h9-10,12H,5-8H2,1-4H3,(H,20,21,23);11H,5-10H2,1-4H3;2H,1H3,(H3,6,7);1H. The number of aromatic nitrogens is 4. The summed E-state index contributed by atoms with van der Waals surface area (Å²) in [7, 11) is 0. The second kappa shape index (κ2) is 21.9. The van der Waals surface area contributed by atoms with Crippen molar-refractivity contribution in [3.8, 4) is 10.7 Å². The lowest BCUT2D eigenvalue weighted by Gasteiger charge is -2.33. The number of carbonyl (C=O) groups is 4. The topological polar surface area (TPSA) is 224 Å². The van der Waals surface area contributed by atoms with Gasteiger partial charge in [-0.3, -0.25) is 19.8 Å². The molecule has 0 atom stereocenters. The number of aromatic amines is 1. The van der Waals surface area contributed by atoms with E-state index >= 15 is 0 Å². The predicted molar refractivity (Wildman–Crippen MR) is 222 cm³/mol. The number of likely N-dealkylation sites (tertiary alicyclic amines) is 2. The number of amidine groups is 1. The van der Waals surface area contributed by atoms with E-state index < -0.39 is 17.2 Å². The van der Waals surface area contributed by atoms with Crippen molar-refractivity contribution < 1.29 is 33.4 Å². The molecule has 16 nitrogen and oxygen atoms in total. The molecule has 57 heavy (non-hydrogen) atoms. The van der Waals surface area contributed by atoms with Crippen LogP contribution in [0.1, 0.15) is 108 Å². The first kappa shape index (κ1) is 48.7. The number of esters is 1. The molecule has 0 aliphatic carbocycles. The largest absolute Gasteiger partial charge is 0.466 e. The molecule has 2 aliphatic heterocycles. The summed E-state index contributed by atoms with van der Waals surface area (Å²) < 4.78 is 15.5. The summed E-state index contributed by atoms with van der Waals surface area (Å²) in [4.78, 5) is 80.1. The van der Waals surface area contributed by atoms with Crippen LogP contribution in [0.4, 0.5) is 9.59 Å². The number of nitrogens with two attached hydrogens (primary N) is 1. The number of halogens is 1. The quantitative estimate of drug-likeness (QED) is 0.0749. The summed E-state index contributed by atoms with van der Waals surface area (Å²) in [5.74, 6) is 0.0856. The fraction of sp³-hybridized carbons (Fsp3) is 0.605. The van der Waals surface area contributed by atoms with Crippen molar-refractivity contribution in [1.82, 2.24) is 29.7 Å². The zero-order valence-electron chi connectivity index (χ0n) is 34.3. The highest BCUT2D eigenvalue weighted by Gasteiger charge is 2.31. The van der Waals surface area contributed by atoms with Crippen molar-refractivity contribution in [1.29, 1.82) is 5.41 Å². The number of nitrogens with one attached hydrogen (secondary N) is 2. The molecule has 0 radical (unpaired) electrons. The highest BCUT2D eigenvalue weighted by Crippen LogP contribution is 2.30. The molecule has 2 amide bonds. The van der Waals surface area contributed by atoms with Gasteiger partial charge in [0, 0.05) is 44.1 Å². The summed E-state index contributed by atoms with van der Waals surface area (Å²) >= 11 is 2.86. The maximum atomic E-state index is 12.2. The number of nitrogens with zero attached hydrogens (tertiary/aromatic N) is 5. The Labute approximate surface area is 348 Å². The van der Waals surface area contributed by atoms with Gasteiger partial charge in [0.2, 0.25) is 0 Å². The van der Waals surface area contributed by atoms with E-state index in [1.54, 1.807) is 33.8 Å². The van der Waals surface area contributed by atoms with Gasteiger partial charge in [-0.05, 0) is 88.0 Å². The SMILES string of the molecule is CCOC(=O)CC(=O)C1CCN(C(=O)OC(C)(C)C)CC1.Cc1ncsc1-c1nc(C2CCN(C(=O)OC(C)(C)C)CC2)cc(=O)[nH]1.Cc1ncsc1C(=N)N.Cl. The van der Waals surface area contributed by atoms with Gasteiger partial charge in [-0.25, -0.2) is 24.5 Å². The van der Waals surface area contributed by atoms with Gasteiger partial charge >= 0.3 is 18.2 Å². The van der Waals surface area contributed by atoms with Crippen LogP contribution in [0, 0.1) is 25.2 Å². The number of hydrogen-bond acceptors (Lipinski definition) is 14. The van der Waals surface area contributed by atoms with Gasteiger partial charge in [-0.2, -0.15) is 0 Å². The average molecular weight is 854 g/mol. The number of piperidine rings is 2. The Balaban J connectivity index is 0.000000324. The third kappa shape index (κ3) is 16.2. The van der Waals surface area contributed by atoms with Crippen molar-refractivity contribution in [2.45, 2.75) is 112 Å². The molecule has 0 bridgehead atoms. The fourth-order valence-corrected chi connectivity index (χ4v) is 7.19. The van der Waals surface area contributed by atoms with Crippen LogP contribution in [0.25, 0.3) is 10.7 Å². The molecule has 316 valence electrons. The first-order valence-corrected chi connectivity index (χ1v) is 20.3. The summed E-state index contributed by atoms with van der Waals surface area (Å²) in [5.41, 5.74) is 9.94. The van der Waals surface area contributed by atoms with Gasteiger partial charge in [0.15, 0.2) is 5.82 Å². The molecule has 19 heteroatoms. The number of amides is 2. The number of ketones is 1. The monoisotopic (exact) mass is 852 g/mol. The zero-order chi connectivity index (χ0) is 41.8. The van der Waals surface area contributed by atoms with Crippen LogP contribution in [0.2, 0.25) is 0 Å². The number of aryl methyl sites for hydroxylation is 2. The van der Waals surface area contributed by atoms with Crippen molar-refractivity contribution in [3.05, 3.63) is 49.4 Å². The smallest absolute Gasteiger partial charge is 0.410 e. The molecule has 4 N–H and O–H groups in total.